The van der Waals surface area contributed by atoms with Gasteiger partial charge in [-0.3, -0.25) is 4.79 Å². The number of carbonyl (C=O) groups excluding carboxylic acids is 1. The summed E-state index contributed by atoms with van der Waals surface area (Å²) in [5.74, 6) is -0.0101. The third-order valence-corrected chi connectivity index (χ3v) is 4.19. The quantitative estimate of drug-likeness (QED) is 0.745. The van der Waals surface area contributed by atoms with Crippen LogP contribution in [0.4, 0.5) is 23.2 Å². The standard InChI is InChI=1S/C17H15F4NO2S/c1-24-15-6-5-13(18)7-11(15)9-25-10-16(23)22-14-4-2-3-12(8-14)17(19,20)21/h2-8H,9-10H2,1H3,(H,22,23). The number of rotatable bonds is 6. The summed E-state index contributed by atoms with van der Waals surface area (Å²) in [5.41, 5.74) is -0.161. The first-order chi connectivity index (χ1) is 11.8. The number of methoxy groups -OCH3 is 1. The predicted octanol–water partition coefficient (Wildman–Crippen LogP) is 4.73. The van der Waals surface area contributed by atoms with Crippen molar-refractivity contribution in [2.24, 2.45) is 0 Å². The Kier molecular flexibility index (Phi) is 6.30. The van der Waals surface area contributed by atoms with Gasteiger partial charge in [0.15, 0.2) is 0 Å². The van der Waals surface area contributed by atoms with Gasteiger partial charge < -0.3 is 10.1 Å². The number of hydrogen-bond acceptors (Lipinski definition) is 3. The molecular weight excluding hydrogens is 358 g/mol. The zero-order chi connectivity index (χ0) is 18.4. The van der Waals surface area contributed by atoms with E-state index in [-0.39, 0.29) is 11.4 Å². The van der Waals surface area contributed by atoms with Gasteiger partial charge in [-0.15, -0.1) is 11.8 Å². The molecule has 0 atom stereocenters. The highest BCUT2D eigenvalue weighted by atomic mass is 32.2. The molecule has 0 unspecified atom stereocenters. The summed E-state index contributed by atoms with van der Waals surface area (Å²) in [4.78, 5) is 11.9. The van der Waals surface area contributed by atoms with Crippen molar-refractivity contribution in [2.45, 2.75) is 11.9 Å². The SMILES string of the molecule is COc1ccc(F)cc1CSCC(=O)Nc1cccc(C(F)(F)F)c1. The van der Waals surface area contributed by atoms with Crippen molar-refractivity contribution < 1.29 is 27.1 Å². The molecule has 0 spiro atoms. The van der Waals surface area contributed by atoms with E-state index >= 15 is 0 Å². The summed E-state index contributed by atoms with van der Waals surface area (Å²) < 4.78 is 56.3. The Labute approximate surface area is 146 Å². The molecule has 1 amide bonds. The van der Waals surface area contributed by atoms with E-state index in [4.69, 9.17) is 4.74 Å². The van der Waals surface area contributed by atoms with Crippen LogP contribution < -0.4 is 10.1 Å². The lowest BCUT2D eigenvalue weighted by Gasteiger charge is -2.10. The van der Waals surface area contributed by atoms with Gasteiger partial charge in [0.1, 0.15) is 11.6 Å². The molecule has 134 valence electrons. The highest BCUT2D eigenvalue weighted by Crippen LogP contribution is 2.30. The van der Waals surface area contributed by atoms with Crippen LogP contribution in [0.3, 0.4) is 0 Å². The molecule has 8 heteroatoms. The van der Waals surface area contributed by atoms with Gasteiger partial charge in [0.05, 0.1) is 18.4 Å². The molecule has 1 N–H and O–H groups in total. The first-order valence-corrected chi connectivity index (χ1v) is 8.32. The Morgan fingerprint density at radius 3 is 2.64 bits per heavy atom. The Balaban J connectivity index is 1.90. The number of alkyl halides is 3. The average Bonchev–Trinajstić information content (AvgIpc) is 2.54. The summed E-state index contributed by atoms with van der Waals surface area (Å²) in [6.45, 7) is 0. The second-order valence-electron chi connectivity index (χ2n) is 5.08. The Bertz CT molecular complexity index is 750. The summed E-state index contributed by atoms with van der Waals surface area (Å²) in [7, 11) is 1.46. The van der Waals surface area contributed by atoms with Crippen LogP contribution in [0.1, 0.15) is 11.1 Å². The summed E-state index contributed by atoms with van der Waals surface area (Å²) in [6.07, 6.45) is -4.47. The maximum absolute atomic E-state index is 13.3. The fourth-order valence-electron chi connectivity index (χ4n) is 2.08. The first kappa shape index (κ1) is 19.1. The third kappa shape index (κ3) is 5.67. The van der Waals surface area contributed by atoms with Crippen molar-refractivity contribution in [2.75, 3.05) is 18.2 Å². The van der Waals surface area contributed by atoms with Crippen LogP contribution in [0.5, 0.6) is 5.75 Å². The molecule has 0 aromatic heterocycles. The molecule has 0 fully saturated rings. The lowest BCUT2D eigenvalue weighted by molar-refractivity contribution is -0.137. The van der Waals surface area contributed by atoms with E-state index in [0.29, 0.717) is 17.1 Å². The molecule has 2 aromatic carbocycles. The predicted molar refractivity (Wildman–Crippen MR) is 89.2 cm³/mol. The van der Waals surface area contributed by atoms with Gasteiger partial charge in [0, 0.05) is 17.0 Å². The van der Waals surface area contributed by atoms with Gasteiger partial charge in [-0.25, -0.2) is 4.39 Å². The molecule has 0 saturated carbocycles. The molecule has 0 heterocycles. The minimum atomic E-state index is -4.47. The van der Waals surface area contributed by atoms with Gasteiger partial charge in [0.2, 0.25) is 5.91 Å². The largest absolute Gasteiger partial charge is 0.496 e. The Morgan fingerprint density at radius 2 is 1.96 bits per heavy atom. The number of amides is 1. The van der Waals surface area contributed by atoms with Gasteiger partial charge in [-0.2, -0.15) is 13.2 Å². The van der Waals surface area contributed by atoms with Crippen LogP contribution in [0.15, 0.2) is 42.5 Å². The molecule has 0 aliphatic carbocycles. The topological polar surface area (TPSA) is 38.3 Å². The number of ether oxygens (including phenoxy) is 1. The molecule has 2 aromatic rings. The molecule has 0 bridgehead atoms. The summed E-state index contributed by atoms with van der Waals surface area (Å²) >= 11 is 1.20. The maximum atomic E-state index is 13.3. The number of carbonyl (C=O) groups is 1. The van der Waals surface area contributed by atoms with E-state index < -0.39 is 23.5 Å². The maximum Gasteiger partial charge on any atom is 0.416 e. The average molecular weight is 373 g/mol. The third-order valence-electron chi connectivity index (χ3n) is 3.21. The number of halogens is 4. The van der Waals surface area contributed by atoms with Crippen LogP contribution >= 0.6 is 11.8 Å². The van der Waals surface area contributed by atoms with E-state index in [9.17, 15) is 22.4 Å². The first-order valence-electron chi connectivity index (χ1n) is 7.17. The molecule has 0 aliphatic heterocycles. The van der Waals surface area contributed by atoms with Gasteiger partial charge in [0.25, 0.3) is 0 Å². The fraction of sp³-hybridized carbons (Fsp3) is 0.235. The minimum Gasteiger partial charge on any atom is -0.496 e. The molecule has 0 aliphatic rings. The minimum absolute atomic E-state index is 0.00983. The van der Waals surface area contributed by atoms with Crippen LogP contribution in [-0.2, 0) is 16.7 Å². The van der Waals surface area contributed by atoms with Crippen molar-refractivity contribution in [1.29, 1.82) is 0 Å². The highest BCUT2D eigenvalue weighted by molar-refractivity contribution is 7.99. The Morgan fingerprint density at radius 1 is 1.20 bits per heavy atom. The van der Waals surface area contributed by atoms with Crippen molar-refractivity contribution in [3.63, 3.8) is 0 Å². The summed E-state index contributed by atoms with van der Waals surface area (Å²) in [5, 5.41) is 2.42. The van der Waals surface area contributed by atoms with E-state index in [1.807, 2.05) is 0 Å². The zero-order valence-electron chi connectivity index (χ0n) is 13.2. The molecular formula is C17H15F4NO2S. The van der Waals surface area contributed by atoms with Crippen LogP contribution in [0, 0.1) is 5.82 Å². The van der Waals surface area contributed by atoms with E-state index in [1.54, 1.807) is 0 Å². The molecule has 25 heavy (non-hydrogen) atoms. The second-order valence-corrected chi connectivity index (χ2v) is 6.06. The van der Waals surface area contributed by atoms with Crippen molar-refractivity contribution >= 4 is 23.4 Å². The van der Waals surface area contributed by atoms with Crippen molar-refractivity contribution in [1.82, 2.24) is 0 Å². The number of thioether (sulfide) groups is 1. The van der Waals surface area contributed by atoms with Crippen LogP contribution in [0.25, 0.3) is 0 Å². The number of anilines is 1. The zero-order valence-corrected chi connectivity index (χ0v) is 14.0. The van der Waals surface area contributed by atoms with Gasteiger partial charge >= 0.3 is 6.18 Å². The number of benzene rings is 2. The van der Waals surface area contributed by atoms with Crippen molar-refractivity contribution in [3.05, 3.63) is 59.4 Å². The summed E-state index contributed by atoms with van der Waals surface area (Å²) in [6, 6.07) is 8.49. The molecule has 0 saturated heterocycles. The highest BCUT2D eigenvalue weighted by Gasteiger charge is 2.30. The Hall–Kier alpha value is -2.22. The van der Waals surface area contributed by atoms with Crippen molar-refractivity contribution in [3.8, 4) is 5.75 Å². The number of hydrogen-bond donors (Lipinski definition) is 1. The lowest BCUT2D eigenvalue weighted by atomic mass is 10.2. The molecule has 3 nitrogen and oxygen atoms in total. The smallest absolute Gasteiger partial charge is 0.416 e. The lowest BCUT2D eigenvalue weighted by Crippen LogP contribution is -2.15. The normalized spacial score (nSPS) is 11.2. The molecule has 2 rings (SSSR count). The van der Waals surface area contributed by atoms with Crippen LogP contribution in [0.2, 0.25) is 0 Å². The van der Waals surface area contributed by atoms with E-state index in [1.165, 1.54) is 49.2 Å². The van der Waals surface area contributed by atoms with Gasteiger partial charge in [-0.1, -0.05) is 6.07 Å². The van der Waals surface area contributed by atoms with E-state index in [2.05, 4.69) is 5.32 Å². The van der Waals surface area contributed by atoms with E-state index in [0.717, 1.165) is 12.1 Å². The monoisotopic (exact) mass is 373 g/mol. The number of nitrogens with one attached hydrogen (secondary N) is 1. The second kappa shape index (κ2) is 8.24. The van der Waals surface area contributed by atoms with Gasteiger partial charge in [-0.05, 0) is 36.4 Å². The van der Waals surface area contributed by atoms with Crippen LogP contribution in [-0.4, -0.2) is 18.8 Å². The fourth-order valence-corrected chi connectivity index (χ4v) is 2.89. The molecule has 0 radical (unpaired) electrons.